The summed E-state index contributed by atoms with van der Waals surface area (Å²) in [5, 5.41) is 10.4. The molecule has 136 valence electrons. The molecule has 0 saturated carbocycles. The standard InChI is InChI=1S/C20H18N4OS2/c1-3-10-26-20-22-21-19-23(13-7-4-6-12(2)11-13)17(25)16-14-8-5-9-15(14)27-18(16)24(19)20/h3-4,6-7,11H,1,5,8-10H2,2H3. The average molecular weight is 395 g/mol. The first-order chi connectivity index (χ1) is 13.2. The lowest BCUT2D eigenvalue weighted by molar-refractivity contribution is 0.910. The van der Waals surface area contributed by atoms with Crippen LogP contribution in [0.3, 0.4) is 0 Å². The van der Waals surface area contributed by atoms with E-state index in [9.17, 15) is 4.79 Å². The Morgan fingerprint density at radius 3 is 3.04 bits per heavy atom. The van der Waals surface area contributed by atoms with E-state index >= 15 is 0 Å². The van der Waals surface area contributed by atoms with Gasteiger partial charge in [0.25, 0.3) is 5.56 Å². The van der Waals surface area contributed by atoms with Gasteiger partial charge in [-0.25, -0.2) is 8.97 Å². The predicted octanol–water partition coefficient (Wildman–Crippen LogP) is 4.17. The zero-order chi connectivity index (χ0) is 18.5. The van der Waals surface area contributed by atoms with E-state index in [0.29, 0.717) is 5.78 Å². The van der Waals surface area contributed by atoms with Crippen molar-refractivity contribution in [2.75, 3.05) is 5.75 Å². The minimum absolute atomic E-state index is 0.00942. The van der Waals surface area contributed by atoms with Crippen LogP contribution < -0.4 is 5.56 Å². The highest BCUT2D eigenvalue weighted by atomic mass is 32.2. The monoisotopic (exact) mass is 394 g/mol. The zero-order valence-electron chi connectivity index (χ0n) is 14.9. The molecule has 7 heteroatoms. The first kappa shape index (κ1) is 16.8. The van der Waals surface area contributed by atoms with Crippen molar-refractivity contribution in [3.63, 3.8) is 0 Å². The molecule has 3 aromatic heterocycles. The molecule has 0 radical (unpaired) electrons. The summed E-state index contributed by atoms with van der Waals surface area (Å²) in [7, 11) is 0. The Hall–Kier alpha value is -2.38. The van der Waals surface area contributed by atoms with Crippen molar-refractivity contribution in [1.82, 2.24) is 19.2 Å². The van der Waals surface area contributed by atoms with Crippen LogP contribution in [0.4, 0.5) is 0 Å². The first-order valence-electron chi connectivity index (χ1n) is 8.94. The summed E-state index contributed by atoms with van der Waals surface area (Å²) < 4.78 is 3.77. The van der Waals surface area contributed by atoms with Gasteiger partial charge in [0.2, 0.25) is 5.78 Å². The lowest BCUT2D eigenvalue weighted by Gasteiger charge is -2.10. The number of fused-ring (bicyclic) bond motifs is 5. The molecule has 5 rings (SSSR count). The number of aromatic nitrogens is 4. The molecule has 27 heavy (non-hydrogen) atoms. The second-order valence-electron chi connectivity index (χ2n) is 6.73. The van der Waals surface area contributed by atoms with E-state index in [1.54, 1.807) is 27.7 Å². The summed E-state index contributed by atoms with van der Waals surface area (Å²) in [5.41, 5.74) is 3.17. The lowest BCUT2D eigenvalue weighted by Crippen LogP contribution is -2.22. The smallest absolute Gasteiger partial charge is 0.268 e. The van der Waals surface area contributed by atoms with Crippen molar-refractivity contribution in [3.8, 4) is 5.69 Å². The number of rotatable bonds is 4. The number of thiophene rings is 1. The average Bonchev–Trinajstić information content (AvgIpc) is 3.33. The Morgan fingerprint density at radius 2 is 2.22 bits per heavy atom. The van der Waals surface area contributed by atoms with Gasteiger partial charge in [-0.1, -0.05) is 30.0 Å². The van der Waals surface area contributed by atoms with Crippen LogP contribution >= 0.6 is 23.1 Å². The van der Waals surface area contributed by atoms with Crippen LogP contribution in [0.1, 0.15) is 22.4 Å². The topological polar surface area (TPSA) is 52.2 Å². The van der Waals surface area contributed by atoms with E-state index in [-0.39, 0.29) is 5.56 Å². The number of hydrogen-bond acceptors (Lipinski definition) is 5. The molecule has 0 bridgehead atoms. The Kier molecular flexibility index (Phi) is 3.94. The highest BCUT2D eigenvalue weighted by Crippen LogP contribution is 2.37. The molecule has 1 aromatic carbocycles. The normalized spacial score (nSPS) is 13.5. The van der Waals surface area contributed by atoms with Crippen LogP contribution in [0, 0.1) is 6.92 Å². The van der Waals surface area contributed by atoms with Crippen LogP contribution in [-0.4, -0.2) is 24.9 Å². The fourth-order valence-corrected chi connectivity index (χ4v) is 5.89. The molecule has 0 saturated heterocycles. The number of hydrogen-bond donors (Lipinski definition) is 0. The Morgan fingerprint density at radius 1 is 1.33 bits per heavy atom. The predicted molar refractivity (Wildman–Crippen MR) is 112 cm³/mol. The van der Waals surface area contributed by atoms with Gasteiger partial charge in [0.05, 0.1) is 11.1 Å². The highest BCUT2D eigenvalue weighted by molar-refractivity contribution is 7.99. The van der Waals surface area contributed by atoms with E-state index in [0.717, 1.165) is 51.6 Å². The second kappa shape index (κ2) is 6.35. The molecule has 3 heterocycles. The third kappa shape index (κ3) is 2.49. The summed E-state index contributed by atoms with van der Waals surface area (Å²) in [4.78, 5) is 15.9. The fraction of sp³-hybridized carbons (Fsp3) is 0.250. The summed E-state index contributed by atoms with van der Waals surface area (Å²) in [5.74, 6) is 1.32. The highest BCUT2D eigenvalue weighted by Gasteiger charge is 2.26. The van der Waals surface area contributed by atoms with E-state index in [1.807, 2.05) is 37.3 Å². The molecular formula is C20H18N4OS2. The van der Waals surface area contributed by atoms with Gasteiger partial charge < -0.3 is 0 Å². The van der Waals surface area contributed by atoms with E-state index < -0.39 is 0 Å². The van der Waals surface area contributed by atoms with Crippen LogP contribution in [0.15, 0.2) is 46.9 Å². The lowest BCUT2D eigenvalue weighted by atomic mass is 10.2. The van der Waals surface area contributed by atoms with Crippen molar-refractivity contribution in [1.29, 1.82) is 0 Å². The van der Waals surface area contributed by atoms with Crippen molar-refractivity contribution in [3.05, 3.63) is 63.3 Å². The van der Waals surface area contributed by atoms with Gasteiger partial charge in [0, 0.05) is 10.6 Å². The molecular weight excluding hydrogens is 376 g/mol. The SMILES string of the molecule is C=CCSc1nnc2n(-c3cccc(C)c3)c(=O)c3c4c(sc3n12)CCC4. The van der Waals surface area contributed by atoms with Gasteiger partial charge in [-0.2, -0.15) is 0 Å². The van der Waals surface area contributed by atoms with Crippen LogP contribution in [0.5, 0.6) is 0 Å². The molecule has 0 unspecified atom stereocenters. The maximum Gasteiger partial charge on any atom is 0.268 e. The number of nitrogens with zero attached hydrogens (tertiary/aromatic N) is 4. The number of aryl methyl sites for hydroxylation is 3. The van der Waals surface area contributed by atoms with Crippen molar-refractivity contribution >= 4 is 39.1 Å². The van der Waals surface area contributed by atoms with Crippen molar-refractivity contribution < 1.29 is 0 Å². The van der Waals surface area contributed by atoms with Crippen molar-refractivity contribution in [2.45, 2.75) is 31.3 Å². The number of thioether (sulfide) groups is 1. The third-order valence-corrected chi connectivity index (χ3v) is 7.13. The molecule has 0 N–H and O–H groups in total. The molecule has 5 nitrogen and oxygen atoms in total. The van der Waals surface area contributed by atoms with E-state index in [1.165, 1.54) is 10.4 Å². The Balaban J connectivity index is 1.93. The van der Waals surface area contributed by atoms with Gasteiger partial charge in [0.1, 0.15) is 4.83 Å². The molecule has 0 atom stereocenters. The summed E-state index contributed by atoms with van der Waals surface area (Å²) in [6.45, 7) is 5.83. The van der Waals surface area contributed by atoms with Gasteiger partial charge in [-0.15, -0.1) is 28.1 Å². The quantitative estimate of drug-likeness (QED) is 0.385. The molecule has 0 fully saturated rings. The summed E-state index contributed by atoms with van der Waals surface area (Å²) >= 11 is 3.31. The molecule has 4 aromatic rings. The third-order valence-electron chi connectivity index (χ3n) is 4.93. The van der Waals surface area contributed by atoms with Crippen LogP contribution in [0.2, 0.25) is 0 Å². The molecule has 1 aliphatic rings. The Labute approximate surface area is 164 Å². The summed E-state index contributed by atoms with van der Waals surface area (Å²) in [6, 6.07) is 7.98. The number of benzene rings is 1. The maximum atomic E-state index is 13.6. The van der Waals surface area contributed by atoms with Crippen LogP contribution in [-0.2, 0) is 12.8 Å². The minimum Gasteiger partial charge on any atom is -0.268 e. The fourth-order valence-electron chi connectivity index (χ4n) is 3.78. The molecule has 0 spiro atoms. The van der Waals surface area contributed by atoms with Gasteiger partial charge in [-0.05, 0) is 49.4 Å². The molecule has 0 amide bonds. The largest absolute Gasteiger partial charge is 0.268 e. The van der Waals surface area contributed by atoms with Crippen molar-refractivity contribution in [2.24, 2.45) is 0 Å². The van der Waals surface area contributed by atoms with Gasteiger partial charge >= 0.3 is 0 Å². The van der Waals surface area contributed by atoms with Crippen LogP contribution in [0.25, 0.3) is 21.7 Å². The zero-order valence-corrected chi connectivity index (χ0v) is 16.6. The van der Waals surface area contributed by atoms with Gasteiger partial charge in [0.15, 0.2) is 5.16 Å². The first-order valence-corrected chi connectivity index (χ1v) is 10.7. The summed E-state index contributed by atoms with van der Waals surface area (Å²) in [6.07, 6.45) is 5.01. The van der Waals surface area contributed by atoms with Gasteiger partial charge in [-0.3, -0.25) is 4.79 Å². The second-order valence-corrected chi connectivity index (χ2v) is 8.81. The van der Waals surface area contributed by atoms with E-state index in [2.05, 4.69) is 21.2 Å². The molecule has 1 aliphatic carbocycles. The molecule has 0 aliphatic heterocycles. The minimum atomic E-state index is 0.00942. The Bertz CT molecular complexity index is 1260. The maximum absolute atomic E-state index is 13.6. The van der Waals surface area contributed by atoms with E-state index in [4.69, 9.17) is 0 Å².